The molecule has 0 bridgehead atoms. The Hall–Kier alpha value is -2.11. The van der Waals surface area contributed by atoms with E-state index in [-0.39, 0.29) is 12.5 Å². The fourth-order valence-corrected chi connectivity index (χ4v) is 2.65. The van der Waals surface area contributed by atoms with Crippen LogP contribution in [0.3, 0.4) is 0 Å². The van der Waals surface area contributed by atoms with E-state index in [1.165, 1.54) is 11.3 Å². The molecule has 1 aromatic heterocycles. The van der Waals surface area contributed by atoms with Crippen molar-refractivity contribution in [2.45, 2.75) is 0 Å². The Bertz CT molecular complexity index is 771. The van der Waals surface area contributed by atoms with Gasteiger partial charge in [0.2, 0.25) is 0 Å². The molecule has 0 fully saturated rings. The van der Waals surface area contributed by atoms with E-state index in [1.54, 1.807) is 29.8 Å². The van der Waals surface area contributed by atoms with Crippen molar-refractivity contribution in [3.8, 4) is 5.75 Å². The van der Waals surface area contributed by atoms with Gasteiger partial charge in [-0.05, 0) is 42.5 Å². The number of amides is 1. The minimum Gasteiger partial charge on any atom is -0.484 e. The average Bonchev–Trinajstić information content (AvgIpc) is 2.94. The van der Waals surface area contributed by atoms with Gasteiger partial charge >= 0.3 is 0 Å². The van der Waals surface area contributed by atoms with E-state index in [0.717, 1.165) is 15.9 Å². The van der Waals surface area contributed by atoms with Crippen molar-refractivity contribution in [2.24, 2.45) is 0 Å². The monoisotopic (exact) mass is 318 g/mol. The van der Waals surface area contributed by atoms with E-state index in [4.69, 9.17) is 16.3 Å². The zero-order chi connectivity index (χ0) is 14.7. The van der Waals surface area contributed by atoms with Crippen molar-refractivity contribution in [3.63, 3.8) is 0 Å². The van der Waals surface area contributed by atoms with Crippen molar-refractivity contribution in [1.29, 1.82) is 0 Å². The van der Waals surface area contributed by atoms with E-state index in [2.05, 4.69) is 10.3 Å². The number of ether oxygens (including phenoxy) is 1. The largest absolute Gasteiger partial charge is 0.484 e. The second-order valence-electron chi connectivity index (χ2n) is 4.33. The number of nitrogens with zero attached hydrogens (tertiary/aromatic N) is 1. The van der Waals surface area contributed by atoms with Crippen molar-refractivity contribution in [3.05, 3.63) is 53.0 Å². The fourth-order valence-electron chi connectivity index (χ4n) is 1.81. The van der Waals surface area contributed by atoms with E-state index in [0.29, 0.717) is 10.8 Å². The van der Waals surface area contributed by atoms with Crippen molar-refractivity contribution in [1.82, 2.24) is 4.98 Å². The molecule has 1 amide bonds. The zero-order valence-electron chi connectivity index (χ0n) is 10.9. The molecule has 0 aliphatic carbocycles. The van der Waals surface area contributed by atoms with Crippen LogP contribution in [0.15, 0.2) is 48.0 Å². The highest BCUT2D eigenvalue weighted by Crippen LogP contribution is 2.22. The molecule has 1 N–H and O–H groups in total. The third kappa shape index (κ3) is 3.51. The van der Waals surface area contributed by atoms with Crippen LogP contribution in [-0.2, 0) is 4.79 Å². The summed E-state index contributed by atoms with van der Waals surface area (Å²) in [6.07, 6.45) is 0. The topological polar surface area (TPSA) is 51.2 Å². The van der Waals surface area contributed by atoms with Crippen LogP contribution in [0.1, 0.15) is 0 Å². The number of aromatic nitrogens is 1. The molecule has 0 radical (unpaired) electrons. The molecule has 3 rings (SSSR count). The Labute approximate surface area is 130 Å². The molecule has 4 nitrogen and oxygen atoms in total. The van der Waals surface area contributed by atoms with Crippen molar-refractivity contribution >= 4 is 44.7 Å². The number of carbonyl (C=O) groups excluding carboxylic acids is 1. The maximum absolute atomic E-state index is 11.9. The number of carbonyl (C=O) groups is 1. The number of fused-ring (bicyclic) bond motifs is 1. The summed E-state index contributed by atoms with van der Waals surface area (Å²) in [5, 5.41) is 3.42. The van der Waals surface area contributed by atoms with E-state index in [1.807, 2.05) is 18.2 Å². The van der Waals surface area contributed by atoms with Crippen LogP contribution in [0.4, 0.5) is 5.69 Å². The molecule has 3 aromatic rings. The summed E-state index contributed by atoms with van der Waals surface area (Å²) >= 11 is 7.32. The van der Waals surface area contributed by atoms with Crippen LogP contribution >= 0.6 is 22.9 Å². The maximum Gasteiger partial charge on any atom is 0.262 e. The molecule has 0 saturated heterocycles. The smallest absolute Gasteiger partial charge is 0.262 e. The number of hydrogen-bond donors (Lipinski definition) is 1. The first-order valence-corrected chi connectivity index (χ1v) is 7.48. The second kappa shape index (κ2) is 6.11. The molecule has 0 aliphatic rings. The predicted octanol–water partition coefficient (Wildman–Crippen LogP) is 3.97. The lowest BCUT2D eigenvalue weighted by Crippen LogP contribution is -2.20. The van der Waals surface area contributed by atoms with Gasteiger partial charge in [0.15, 0.2) is 6.61 Å². The van der Waals surface area contributed by atoms with Gasteiger partial charge in [0, 0.05) is 10.7 Å². The molecule has 21 heavy (non-hydrogen) atoms. The van der Waals surface area contributed by atoms with Crippen molar-refractivity contribution in [2.75, 3.05) is 11.9 Å². The number of thiazole rings is 1. The van der Waals surface area contributed by atoms with Crippen LogP contribution in [0.2, 0.25) is 5.02 Å². The van der Waals surface area contributed by atoms with Gasteiger partial charge < -0.3 is 10.1 Å². The third-order valence-electron chi connectivity index (χ3n) is 2.80. The summed E-state index contributed by atoms with van der Waals surface area (Å²) in [4.78, 5) is 16.0. The average molecular weight is 319 g/mol. The van der Waals surface area contributed by atoms with Crippen LogP contribution < -0.4 is 10.1 Å². The number of halogens is 1. The normalized spacial score (nSPS) is 10.5. The molecular weight excluding hydrogens is 308 g/mol. The molecule has 0 spiro atoms. The summed E-state index contributed by atoms with van der Waals surface area (Å²) < 4.78 is 6.42. The Morgan fingerprint density at radius 1 is 1.24 bits per heavy atom. The Morgan fingerprint density at radius 2 is 2.05 bits per heavy atom. The third-order valence-corrected chi connectivity index (χ3v) is 3.84. The minimum atomic E-state index is -0.214. The first-order valence-electron chi connectivity index (χ1n) is 6.22. The maximum atomic E-state index is 11.9. The highest BCUT2D eigenvalue weighted by Gasteiger charge is 2.05. The lowest BCUT2D eigenvalue weighted by molar-refractivity contribution is -0.118. The molecule has 2 aromatic carbocycles. The summed E-state index contributed by atoms with van der Waals surface area (Å²) in [6.45, 7) is -0.0532. The van der Waals surface area contributed by atoms with Crippen LogP contribution in [0.25, 0.3) is 10.2 Å². The zero-order valence-corrected chi connectivity index (χ0v) is 12.4. The van der Waals surface area contributed by atoms with Gasteiger partial charge in [0.05, 0.1) is 15.7 Å². The van der Waals surface area contributed by atoms with Crippen LogP contribution in [0, 0.1) is 0 Å². The number of anilines is 1. The second-order valence-corrected chi connectivity index (χ2v) is 5.65. The van der Waals surface area contributed by atoms with E-state index in [9.17, 15) is 4.79 Å². The first kappa shape index (κ1) is 13.9. The minimum absolute atomic E-state index is 0.0532. The predicted molar refractivity (Wildman–Crippen MR) is 85.2 cm³/mol. The van der Waals surface area contributed by atoms with Crippen molar-refractivity contribution < 1.29 is 9.53 Å². The molecule has 0 aliphatic heterocycles. The lowest BCUT2D eigenvalue weighted by Gasteiger charge is -2.07. The Morgan fingerprint density at radius 3 is 2.86 bits per heavy atom. The van der Waals surface area contributed by atoms with Gasteiger partial charge in [0.25, 0.3) is 5.91 Å². The van der Waals surface area contributed by atoms with E-state index < -0.39 is 0 Å². The Balaban J connectivity index is 1.59. The number of benzene rings is 2. The van der Waals surface area contributed by atoms with Gasteiger partial charge in [0.1, 0.15) is 5.75 Å². The SMILES string of the molecule is O=C(COc1ccc(Cl)cc1)Nc1ccc2ncsc2c1. The van der Waals surface area contributed by atoms with Gasteiger partial charge in [-0.1, -0.05) is 11.6 Å². The van der Waals surface area contributed by atoms with Crippen LogP contribution in [0.5, 0.6) is 5.75 Å². The summed E-state index contributed by atoms with van der Waals surface area (Å²) in [7, 11) is 0. The van der Waals surface area contributed by atoms with Gasteiger partial charge in [-0.25, -0.2) is 4.98 Å². The highest BCUT2D eigenvalue weighted by atomic mass is 35.5. The summed E-state index contributed by atoms with van der Waals surface area (Å²) in [5.41, 5.74) is 3.44. The Kier molecular flexibility index (Phi) is 4.03. The lowest BCUT2D eigenvalue weighted by atomic mass is 10.3. The molecule has 0 unspecified atom stereocenters. The molecule has 0 saturated carbocycles. The van der Waals surface area contributed by atoms with E-state index >= 15 is 0 Å². The quantitative estimate of drug-likeness (QED) is 0.792. The molecule has 6 heteroatoms. The summed E-state index contributed by atoms with van der Waals surface area (Å²) in [5.74, 6) is 0.390. The first-order chi connectivity index (χ1) is 10.2. The molecular formula is C15H11ClN2O2S. The fraction of sp³-hybridized carbons (Fsp3) is 0.0667. The summed E-state index contributed by atoms with van der Waals surface area (Å²) in [6, 6.07) is 12.5. The van der Waals surface area contributed by atoms with Gasteiger partial charge in [-0.3, -0.25) is 4.79 Å². The number of hydrogen-bond acceptors (Lipinski definition) is 4. The van der Waals surface area contributed by atoms with Gasteiger partial charge in [-0.15, -0.1) is 11.3 Å². The highest BCUT2D eigenvalue weighted by molar-refractivity contribution is 7.16. The number of rotatable bonds is 4. The molecule has 1 heterocycles. The molecule has 0 atom stereocenters. The molecule has 106 valence electrons. The standard InChI is InChI=1S/C15H11ClN2O2S/c16-10-1-4-12(5-2-10)20-8-15(19)18-11-3-6-13-14(7-11)21-9-17-13/h1-7,9H,8H2,(H,18,19). The van der Waals surface area contributed by atoms with Gasteiger partial charge in [-0.2, -0.15) is 0 Å². The van der Waals surface area contributed by atoms with Crippen LogP contribution in [-0.4, -0.2) is 17.5 Å². The number of nitrogens with one attached hydrogen (secondary N) is 1.